The summed E-state index contributed by atoms with van der Waals surface area (Å²) in [6.45, 7) is 0. The number of amides is 1. The third-order valence-corrected chi connectivity index (χ3v) is 3.85. The molecule has 2 aromatic carbocycles. The van der Waals surface area contributed by atoms with E-state index in [9.17, 15) is 4.79 Å². The minimum absolute atomic E-state index is 0.262. The Morgan fingerprint density at radius 3 is 2.28 bits per heavy atom. The van der Waals surface area contributed by atoms with Crippen LogP contribution in [0.1, 0.15) is 10.4 Å². The van der Waals surface area contributed by atoms with Gasteiger partial charge in [0.25, 0.3) is 5.91 Å². The summed E-state index contributed by atoms with van der Waals surface area (Å²) in [6.07, 6.45) is 1.64. The predicted molar refractivity (Wildman–Crippen MR) is 96.1 cm³/mol. The van der Waals surface area contributed by atoms with Crippen LogP contribution in [0.2, 0.25) is 0 Å². The van der Waals surface area contributed by atoms with Crippen molar-refractivity contribution in [2.75, 3.05) is 19.5 Å². The lowest BCUT2D eigenvalue weighted by Crippen LogP contribution is -2.12. The van der Waals surface area contributed by atoms with E-state index in [2.05, 4.69) is 10.4 Å². The molecule has 1 heterocycles. The Morgan fingerprint density at radius 2 is 1.68 bits per heavy atom. The second-order valence-electron chi connectivity index (χ2n) is 5.45. The van der Waals surface area contributed by atoms with Crippen LogP contribution < -0.4 is 14.8 Å². The zero-order valence-electron chi connectivity index (χ0n) is 14.3. The molecule has 0 aliphatic heterocycles. The van der Waals surface area contributed by atoms with Gasteiger partial charge in [0.15, 0.2) is 0 Å². The van der Waals surface area contributed by atoms with Crippen molar-refractivity contribution in [3.63, 3.8) is 0 Å². The van der Waals surface area contributed by atoms with Gasteiger partial charge in [0.05, 0.1) is 31.8 Å². The quantitative estimate of drug-likeness (QED) is 0.775. The van der Waals surface area contributed by atoms with Crippen molar-refractivity contribution in [2.45, 2.75) is 0 Å². The van der Waals surface area contributed by atoms with Crippen molar-refractivity contribution in [3.05, 3.63) is 60.3 Å². The molecule has 0 bridgehead atoms. The maximum atomic E-state index is 12.7. The lowest BCUT2D eigenvalue weighted by Gasteiger charge is -2.10. The number of hydrogen-bond acceptors (Lipinski definition) is 4. The van der Waals surface area contributed by atoms with Crippen LogP contribution in [0.25, 0.3) is 11.3 Å². The number of rotatable bonds is 5. The molecule has 0 saturated heterocycles. The standard InChI is InChI=1S/C19H19N3O3/c1-22-18(13-7-5-4-6-8-13)17(12-20-22)21-19(23)14-9-15(24-2)11-16(10-14)25-3/h4-12H,1-3H3,(H,21,23). The topological polar surface area (TPSA) is 65.4 Å². The van der Waals surface area contributed by atoms with Crippen LogP contribution in [0.15, 0.2) is 54.7 Å². The molecule has 0 radical (unpaired) electrons. The molecule has 0 aliphatic carbocycles. The number of nitrogens with one attached hydrogen (secondary N) is 1. The average Bonchev–Trinajstić information content (AvgIpc) is 3.02. The van der Waals surface area contributed by atoms with Crippen molar-refractivity contribution in [3.8, 4) is 22.8 Å². The van der Waals surface area contributed by atoms with Gasteiger partial charge >= 0.3 is 0 Å². The zero-order chi connectivity index (χ0) is 17.8. The van der Waals surface area contributed by atoms with Gasteiger partial charge in [0, 0.05) is 24.2 Å². The Morgan fingerprint density at radius 1 is 1.04 bits per heavy atom. The van der Waals surface area contributed by atoms with Crippen LogP contribution in [-0.4, -0.2) is 29.9 Å². The summed E-state index contributed by atoms with van der Waals surface area (Å²) in [5.41, 5.74) is 2.89. The van der Waals surface area contributed by atoms with E-state index in [0.29, 0.717) is 22.7 Å². The number of aryl methyl sites for hydroxylation is 1. The number of hydrogen-bond donors (Lipinski definition) is 1. The van der Waals surface area contributed by atoms with Gasteiger partial charge in [-0.05, 0) is 12.1 Å². The first-order valence-corrected chi connectivity index (χ1v) is 7.74. The molecule has 6 nitrogen and oxygen atoms in total. The molecular weight excluding hydrogens is 318 g/mol. The highest BCUT2D eigenvalue weighted by Crippen LogP contribution is 2.28. The van der Waals surface area contributed by atoms with Crippen molar-refractivity contribution < 1.29 is 14.3 Å². The van der Waals surface area contributed by atoms with Crippen LogP contribution in [0, 0.1) is 0 Å². The Bertz CT molecular complexity index is 866. The van der Waals surface area contributed by atoms with Gasteiger partial charge in [-0.15, -0.1) is 0 Å². The largest absolute Gasteiger partial charge is 0.497 e. The third kappa shape index (κ3) is 3.47. The van der Waals surface area contributed by atoms with Gasteiger partial charge in [0.2, 0.25) is 0 Å². The predicted octanol–water partition coefficient (Wildman–Crippen LogP) is 3.36. The molecule has 0 spiro atoms. The van der Waals surface area contributed by atoms with E-state index < -0.39 is 0 Å². The summed E-state index contributed by atoms with van der Waals surface area (Å²) < 4.78 is 12.2. The molecule has 1 amide bonds. The zero-order valence-corrected chi connectivity index (χ0v) is 14.3. The molecule has 0 saturated carbocycles. The molecule has 1 aromatic heterocycles. The molecule has 3 aromatic rings. The van der Waals surface area contributed by atoms with Crippen molar-refractivity contribution in [2.24, 2.45) is 7.05 Å². The maximum absolute atomic E-state index is 12.7. The van der Waals surface area contributed by atoms with Crippen molar-refractivity contribution >= 4 is 11.6 Å². The fraction of sp³-hybridized carbons (Fsp3) is 0.158. The van der Waals surface area contributed by atoms with Gasteiger partial charge in [0.1, 0.15) is 11.5 Å². The second kappa shape index (κ2) is 7.09. The summed E-state index contributed by atoms with van der Waals surface area (Å²) in [6, 6.07) is 14.8. The van der Waals surface area contributed by atoms with Crippen molar-refractivity contribution in [1.29, 1.82) is 0 Å². The Hall–Kier alpha value is -3.28. The maximum Gasteiger partial charge on any atom is 0.256 e. The highest BCUT2D eigenvalue weighted by atomic mass is 16.5. The van der Waals surface area contributed by atoms with E-state index in [1.807, 2.05) is 37.4 Å². The van der Waals surface area contributed by atoms with E-state index in [1.165, 1.54) is 0 Å². The van der Waals surface area contributed by atoms with Crippen molar-refractivity contribution in [1.82, 2.24) is 9.78 Å². The van der Waals surface area contributed by atoms with Gasteiger partial charge in [-0.25, -0.2) is 0 Å². The summed E-state index contributed by atoms with van der Waals surface area (Å²) in [7, 11) is 4.93. The second-order valence-corrected chi connectivity index (χ2v) is 5.45. The minimum Gasteiger partial charge on any atom is -0.497 e. The lowest BCUT2D eigenvalue weighted by atomic mass is 10.1. The SMILES string of the molecule is COc1cc(OC)cc(C(=O)Nc2cnn(C)c2-c2ccccc2)c1. The fourth-order valence-corrected chi connectivity index (χ4v) is 2.60. The molecule has 128 valence electrons. The molecule has 1 N–H and O–H groups in total. The van der Waals surface area contributed by atoms with Gasteiger partial charge in [-0.2, -0.15) is 5.10 Å². The van der Waals surface area contributed by atoms with E-state index in [1.54, 1.807) is 43.3 Å². The van der Waals surface area contributed by atoms with Crippen LogP contribution in [0.4, 0.5) is 5.69 Å². The first kappa shape index (κ1) is 16.6. The molecule has 0 unspecified atom stereocenters. The molecule has 0 atom stereocenters. The van der Waals surface area contributed by atoms with Crippen LogP contribution in [-0.2, 0) is 7.05 Å². The third-order valence-electron chi connectivity index (χ3n) is 3.85. The Labute approximate surface area is 146 Å². The number of aromatic nitrogens is 2. The number of benzene rings is 2. The summed E-state index contributed by atoms with van der Waals surface area (Å²) in [5.74, 6) is 0.848. The Kier molecular flexibility index (Phi) is 4.70. The monoisotopic (exact) mass is 337 g/mol. The first-order chi connectivity index (χ1) is 12.1. The number of nitrogens with zero attached hydrogens (tertiary/aromatic N) is 2. The average molecular weight is 337 g/mol. The molecule has 3 rings (SSSR count). The van der Waals surface area contributed by atoms with Gasteiger partial charge in [-0.3, -0.25) is 9.48 Å². The molecule has 0 aliphatic rings. The van der Waals surface area contributed by atoms with Crippen LogP contribution >= 0.6 is 0 Å². The molecule has 6 heteroatoms. The molecule has 0 fully saturated rings. The summed E-state index contributed by atoms with van der Waals surface area (Å²) >= 11 is 0. The number of carbonyl (C=O) groups excluding carboxylic acids is 1. The number of ether oxygens (including phenoxy) is 2. The summed E-state index contributed by atoms with van der Waals surface area (Å²) in [5, 5.41) is 7.18. The van der Waals surface area contributed by atoms with E-state index in [-0.39, 0.29) is 5.91 Å². The summed E-state index contributed by atoms with van der Waals surface area (Å²) in [4.78, 5) is 12.7. The number of carbonyl (C=O) groups is 1. The normalized spacial score (nSPS) is 10.4. The minimum atomic E-state index is -0.262. The number of methoxy groups -OCH3 is 2. The first-order valence-electron chi connectivity index (χ1n) is 7.74. The van der Waals surface area contributed by atoms with Crippen LogP contribution in [0.3, 0.4) is 0 Å². The van der Waals surface area contributed by atoms with E-state index in [4.69, 9.17) is 9.47 Å². The molecule has 25 heavy (non-hydrogen) atoms. The lowest BCUT2D eigenvalue weighted by molar-refractivity contribution is 0.102. The molecular formula is C19H19N3O3. The number of anilines is 1. The Balaban J connectivity index is 1.93. The fourth-order valence-electron chi connectivity index (χ4n) is 2.60. The highest BCUT2D eigenvalue weighted by Gasteiger charge is 2.16. The van der Waals surface area contributed by atoms with E-state index in [0.717, 1.165) is 11.3 Å². The highest BCUT2D eigenvalue weighted by molar-refractivity contribution is 6.06. The van der Waals surface area contributed by atoms with Gasteiger partial charge in [-0.1, -0.05) is 30.3 Å². The smallest absolute Gasteiger partial charge is 0.256 e. The van der Waals surface area contributed by atoms with E-state index >= 15 is 0 Å². The van der Waals surface area contributed by atoms with Crippen LogP contribution in [0.5, 0.6) is 11.5 Å². The van der Waals surface area contributed by atoms with Gasteiger partial charge < -0.3 is 14.8 Å².